The van der Waals surface area contributed by atoms with Crippen LogP contribution >= 0.6 is 11.6 Å². The molecule has 0 bridgehead atoms. The number of hydrogen-bond donors (Lipinski definition) is 2. The van der Waals surface area contributed by atoms with Gasteiger partial charge in [0.05, 0.1) is 16.1 Å². The van der Waals surface area contributed by atoms with Gasteiger partial charge in [-0.05, 0) is 72.4 Å². The van der Waals surface area contributed by atoms with E-state index in [1.165, 1.54) is 30.3 Å². The van der Waals surface area contributed by atoms with Crippen molar-refractivity contribution in [3.05, 3.63) is 87.3 Å². The van der Waals surface area contributed by atoms with Gasteiger partial charge in [0.2, 0.25) is 5.88 Å². The maximum Gasteiger partial charge on any atom is 0.417 e. The van der Waals surface area contributed by atoms with Crippen molar-refractivity contribution in [2.45, 2.75) is 32.0 Å². The lowest BCUT2D eigenvalue weighted by Gasteiger charge is -2.17. The van der Waals surface area contributed by atoms with Crippen LogP contribution in [0, 0.1) is 5.82 Å². The number of nitrogens with two attached hydrogens (primary N) is 1. The second kappa shape index (κ2) is 9.58. The number of aromatic carboxylic acids is 1. The van der Waals surface area contributed by atoms with E-state index in [1.54, 1.807) is 6.07 Å². The largest absolute Gasteiger partial charge is 0.478 e. The quantitative estimate of drug-likeness (QED) is 0.282. The summed E-state index contributed by atoms with van der Waals surface area (Å²) in [7, 11) is 0. The molecule has 3 N–H and O–H groups in total. The molecule has 0 saturated heterocycles. The third-order valence-corrected chi connectivity index (χ3v) is 6.04. The predicted octanol–water partition coefficient (Wildman–Crippen LogP) is 6.85. The van der Waals surface area contributed by atoms with Gasteiger partial charge in [-0.3, -0.25) is 0 Å². The zero-order chi connectivity index (χ0) is 25.3. The second-order valence-electron chi connectivity index (χ2n) is 8.02. The molecule has 0 fully saturated rings. The molecule has 182 valence electrons. The topological polar surface area (TPSA) is 85.4 Å². The highest BCUT2D eigenvalue weighted by atomic mass is 35.5. The van der Waals surface area contributed by atoms with Gasteiger partial charge in [0.1, 0.15) is 12.4 Å². The second-order valence-corrected chi connectivity index (χ2v) is 8.43. The van der Waals surface area contributed by atoms with Crippen LogP contribution in [0.4, 0.5) is 23.2 Å². The van der Waals surface area contributed by atoms with E-state index in [9.17, 15) is 27.5 Å². The molecule has 0 unspecified atom stereocenters. The third kappa shape index (κ3) is 5.24. The van der Waals surface area contributed by atoms with E-state index in [0.717, 1.165) is 6.07 Å². The minimum atomic E-state index is -4.65. The molecule has 0 atom stereocenters. The number of allylic oxidation sites excluding steroid dienone is 2. The van der Waals surface area contributed by atoms with E-state index in [4.69, 9.17) is 22.1 Å². The summed E-state index contributed by atoms with van der Waals surface area (Å²) < 4.78 is 60.4. The van der Waals surface area contributed by atoms with E-state index in [-0.39, 0.29) is 39.9 Å². The van der Waals surface area contributed by atoms with Crippen LogP contribution in [0.3, 0.4) is 0 Å². The highest BCUT2D eigenvalue weighted by Gasteiger charge is 2.33. The van der Waals surface area contributed by atoms with Crippen LogP contribution in [-0.2, 0) is 12.8 Å². The summed E-state index contributed by atoms with van der Waals surface area (Å²) in [5.74, 6) is -1.91. The number of pyridine rings is 1. The number of benzene rings is 2. The van der Waals surface area contributed by atoms with E-state index < -0.39 is 23.5 Å². The van der Waals surface area contributed by atoms with Crippen LogP contribution < -0.4 is 10.5 Å². The van der Waals surface area contributed by atoms with E-state index in [2.05, 4.69) is 4.98 Å². The molecule has 2 aromatic carbocycles. The summed E-state index contributed by atoms with van der Waals surface area (Å²) in [4.78, 5) is 15.4. The van der Waals surface area contributed by atoms with Crippen LogP contribution in [0.5, 0.6) is 5.88 Å². The molecule has 35 heavy (non-hydrogen) atoms. The number of ether oxygens (including phenoxy) is 1. The van der Waals surface area contributed by atoms with Gasteiger partial charge in [0.15, 0.2) is 0 Å². The molecule has 1 heterocycles. The Balaban J connectivity index is 1.83. The predicted molar refractivity (Wildman–Crippen MR) is 123 cm³/mol. The first-order valence-electron chi connectivity index (χ1n) is 10.5. The molecule has 1 aliphatic carbocycles. The van der Waals surface area contributed by atoms with Gasteiger partial charge >= 0.3 is 12.1 Å². The molecule has 10 heteroatoms. The van der Waals surface area contributed by atoms with E-state index in [0.29, 0.717) is 42.2 Å². The summed E-state index contributed by atoms with van der Waals surface area (Å²) >= 11 is 6.05. The van der Waals surface area contributed by atoms with Crippen molar-refractivity contribution in [1.29, 1.82) is 0 Å². The summed E-state index contributed by atoms with van der Waals surface area (Å²) in [5.41, 5.74) is 6.90. The molecular formula is C25H19ClF4N2O3. The molecule has 0 saturated carbocycles. The van der Waals surface area contributed by atoms with Crippen LogP contribution in [0.15, 0.2) is 48.7 Å². The van der Waals surface area contributed by atoms with Gasteiger partial charge in [-0.1, -0.05) is 17.7 Å². The van der Waals surface area contributed by atoms with Crippen molar-refractivity contribution in [2.75, 3.05) is 5.73 Å². The number of hydrogen-bond acceptors (Lipinski definition) is 4. The number of carboxylic acids is 1. The number of rotatable bonds is 6. The number of carbonyl (C=O) groups is 1. The molecule has 4 rings (SSSR count). The summed E-state index contributed by atoms with van der Waals surface area (Å²) in [5, 5.41) is 9.50. The maximum absolute atomic E-state index is 14.2. The molecule has 3 aromatic rings. The SMILES string of the molecule is Nc1cc(C(=O)O)cc(C2=C(c3cc(C(F)(F)F)cnc3OCc3c(F)cccc3Cl)CCC2)c1. The van der Waals surface area contributed by atoms with Gasteiger partial charge in [-0.2, -0.15) is 13.2 Å². The highest BCUT2D eigenvalue weighted by molar-refractivity contribution is 6.31. The van der Waals surface area contributed by atoms with Crippen molar-refractivity contribution in [2.24, 2.45) is 0 Å². The molecule has 0 spiro atoms. The molecule has 5 nitrogen and oxygen atoms in total. The number of nitrogens with zero attached hydrogens (tertiary/aromatic N) is 1. The average Bonchev–Trinajstić information content (AvgIpc) is 3.27. The normalized spacial score (nSPS) is 13.9. The zero-order valence-corrected chi connectivity index (χ0v) is 18.9. The van der Waals surface area contributed by atoms with Crippen LogP contribution in [0.25, 0.3) is 11.1 Å². The van der Waals surface area contributed by atoms with Crippen molar-refractivity contribution in [3.63, 3.8) is 0 Å². The Morgan fingerprint density at radius 1 is 1.14 bits per heavy atom. The summed E-state index contributed by atoms with van der Waals surface area (Å²) in [6.45, 7) is -0.346. The Hall–Kier alpha value is -3.59. The maximum atomic E-state index is 14.2. The summed E-state index contributed by atoms with van der Waals surface area (Å²) in [6.07, 6.45) is -2.47. The first kappa shape index (κ1) is 24.5. The number of aromatic nitrogens is 1. The van der Waals surface area contributed by atoms with Gasteiger partial charge in [-0.15, -0.1) is 0 Å². The highest BCUT2D eigenvalue weighted by Crippen LogP contribution is 2.44. The van der Waals surface area contributed by atoms with Crippen molar-refractivity contribution < 1.29 is 32.2 Å². The average molecular weight is 507 g/mol. The van der Waals surface area contributed by atoms with Gasteiger partial charge in [0.25, 0.3) is 0 Å². The Bertz CT molecular complexity index is 1320. The fourth-order valence-electron chi connectivity index (χ4n) is 4.06. The number of alkyl halides is 3. The molecule has 0 aliphatic heterocycles. The van der Waals surface area contributed by atoms with Gasteiger partial charge in [-0.25, -0.2) is 14.2 Å². The molecule has 1 aromatic heterocycles. The molecule has 0 amide bonds. The van der Waals surface area contributed by atoms with Crippen molar-refractivity contribution in [1.82, 2.24) is 4.98 Å². The van der Waals surface area contributed by atoms with Crippen molar-refractivity contribution in [3.8, 4) is 5.88 Å². The lowest BCUT2D eigenvalue weighted by Crippen LogP contribution is -2.09. The lowest BCUT2D eigenvalue weighted by molar-refractivity contribution is -0.137. The smallest absolute Gasteiger partial charge is 0.417 e. The van der Waals surface area contributed by atoms with Crippen LogP contribution in [-0.4, -0.2) is 16.1 Å². The van der Waals surface area contributed by atoms with Gasteiger partial charge in [0, 0.05) is 23.0 Å². The zero-order valence-electron chi connectivity index (χ0n) is 18.1. The molecule has 1 aliphatic rings. The first-order chi connectivity index (χ1) is 16.5. The van der Waals surface area contributed by atoms with Gasteiger partial charge < -0.3 is 15.6 Å². The third-order valence-electron chi connectivity index (χ3n) is 5.69. The molecule has 0 radical (unpaired) electrons. The van der Waals surface area contributed by atoms with Crippen LogP contribution in [0.2, 0.25) is 5.02 Å². The molecular weight excluding hydrogens is 488 g/mol. The summed E-state index contributed by atoms with van der Waals surface area (Å²) in [6, 6.07) is 9.35. The number of anilines is 1. The minimum absolute atomic E-state index is 0.0356. The number of nitrogen functional groups attached to an aromatic ring is 1. The fraction of sp³-hybridized carbons (Fsp3) is 0.200. The Morgan fingerprint density at radius 3 is 2.57 bits per heavy atom. The fourth-order valence-corrected chi connectivity index (χ4v) is 4.28. The number of halogens is 5. The standard InChI is InChI=1S/C25H19ClF4N2O3/c26-21-5-2-6-22(27)20(21)12-35-23-19(10-15(11-32-23)25(28,29)30)18-4-1-3-17(18)13-7-14(24(33)34)9-16(31)8-13/h2,5-11H,1,3-4,12,31H2,(H,33,34). The Morgan fingerprint density at radius 2 is 1.89 bits per heavy atom. The van der Waals surface area contributed by atoms with E-state index >= 15 is 0 Å². The first-order valence-corrected chi connectivity index (χ1v) is 10.9. The Kier molecular flexibility index (Phi) is 6.71. The monoisotopic (exact) mass is 506 g/mol. The van der Waals surface area contributed by atoms with Crippen LogP contribution in [0.1, 0.15) is 51.9 Å². The minimum Gasteiger partial charge on any atom is -0.478 e. The number of carboxylic acid groups (broad SMARTS) is 1. The van der Waals surface area contributed by atoms with Crippen molar-refractivity contribution >= 4 is 34.4 Å². The van der Waals surface area contributed by atoms with E-state index in [1.807, 2.05) is 0 Å². The Labute approximate surface area is 202 Å². The lowest BCUT2D eigenvalue weighted by atomic mass is 9.95.